The Balaban J connectivity index is 1.92. The van der Waals surface area contributed by atoms with Gasteiger partial charge in [0.05, 0.1) is 6.20 Å². The van der Waals surface area contributed by atoms with Crippen LogP contribution in [0.5, 0.6) is 0 Å². The first-order valence-corrected chi connectivity index (χ1v) is 8.43. The second-order valence-electron chi connectivity index (χ2n) is 4.91. The van der Waals surface area contributed by atoms with Gasteiger partial charge in [-0.15, -0.1) is 0 Å². The minimum Gasteiger partial charge on any atom is -0.280 e. The zero-order chi connectivity index (χ0) is 14.5. The standard InChI is InChI=1S/C11H14BrN5O2S/c1-6-9(7-3-4-7)14-15-11(6)16-20(18,19)8-5-13-17(2)10(8)12/h5,7H,3-4H2,1-2H3,(H2,14,15,16). The highest BCUT2D eigenvalue weighted by atomic mass is 79.9. The molecule has 1 aliphatic rings. The first-order chi connectivity index (χ1) is 9.40. The zero-order valence-corrected chi connectivity index (χ0v) is 13.4. The lowest BCUT2D eigenvalue weighted by molar-refractivity contribution is 0.600. The van der Waals surface area contributed by atoms with Gasteiger partial charge in [-0.05, 0) is 35.7 Å². The number of aryl methyl sites for hydroxylation is 1. The molecule has 1 fully saturated rings. The summed E-state index contributed by atoms with van der Waals surface area (Å²) in [5.41, 5.74) is 1.88. The molecule has 0 aliphatic heterocycles. The largest absolute Gasteiger partial charge is 0.280 e. The van der Waals surface area contributed by atoms with E-state index in [9.17, 15) is 8.42 Å². The quantitative estimate of drug-likeness (QED) is 0.871. The summed E-state index contributed by atoms with van der Waals surface area (Å²) in [5, 5.41) is 10.9. The molecule has 1 saturated carbocycles. The third-order valence-electron chi connectivity index (χ3n) is 3.39. The maximum Gasteiger partial charge on any atom is 0.267 e. The van der Waals surface area contributed by atoms with E-state index in [1.807, 2.05) is 6.92 Å². The van der Waals surface area contributed by atoms with Crippen LogP contribution in [0.25, 0.3) is 0 Å². The van der Waals surface area contributed by atoms with Crippen molar-refractivity contribution in [1.82, 2.24) is 20.0 Å². The maximum absolute atomic E-state index is 12.3. The SMILES string of the molecule is Cc1c(NS(=O)(=O)c2cnn(C)c2Br)n[nH]c1C1CC1. The summed E-state index contributed by atoms with van der Waals surface area (Å²) < 4.78 is 29.0. The van der Waals surface area contributed by atoms with Crippen LogP contribution in [0.4, 0.5) is 5.82 Å². The van der Waals surface area contributed by atoms with Gasteiger partial charge in [0.1, 0.15) is 9.50 Å². The van der Waals surface area contributed by atoms with E-state index in [2.05, 4.69) is 35.9 Å². The third-order valence-corrected chi connectivity index (χ3v) is 5.93. The lowest BCUT2D eigenvalue weighted by atomic mass is 10.2. The van der Waals surface area contributed by atoms with E-state index in [-0.39, 0.29) is 4.90 Å². The lowest BCUT2D eigenvalue weighted by Gasteiger charge is -2.05. The van der Waals surface area contributed by atoms with E-state index < -0.39 is 10.0 Å². The monoisotopic (exact) mass is 359 g/mol. The van der Waals surface area contributed by atoms with Crippen LogP contribution in [0.3, 0.4) is 0 Å². The summed E-state index contributed by atoms with van der Waals surface area (Å²) in [5.74, 6) is 0.841. The molecule has 2 aromatic heterocycles. The first-order valence-electron chi connectivity index (χ1n) is 6.15. The van der Waals surface area contributed by atoms with E-state index in [0.717, 1.165) is 24.1 Å². The van der Waals surface area contributed by atoms with Crippen LogP contribution in [-0.2, 0) is 17.1 Å². The zero-order valence-electron chi connectivity index (χ0n) is 11.0. The highest BCUT2D eigenvalue weighted by Crippen LogP contribution is 2.41. The van der Waals surface area contributed by atoms with Gasteiger partial charge < -0.3 is 0 Å². The van der Waals surface area contributed by atoms with E-state index >= 15 is 0 Å². The summed E-state index contributed by atoms with van der Waals surface area (Å²) in [6.07, 6.45) is 3.56. The van der Waals surface area contributed by atoms with E-state index in [1.54, 1.807) is 7.05 Å². The number of hydrogen-bond acceptors (Lipinski definition) is 4. The van der Waals surface area contributed by atoms with Crippen molar-refractivity contribution in [1.29, 1.82) is 0 Å². The minimum atomic E-state index is -3.70. The summed E-state index contributed by atoms with van der Waals surface area (Å²) in [6.45, 7) is 1.87. The predicted molar refractivity (Wildman–Crippen MR) is 77.0 cm³/mol. The summed E-state index contributed by atoms with van der Waals surface area (Å²) in [6, 6.07) is 0. The molecule has 9 heteroatoms. The number of sulfonamides is 1. The predicted octanol–water partition coefficient (Wildman–Crippen LogP) is 1.89. The van der Waals surface area contributed by atoms with Gasteiger partial charge in [-0.2, -0.15) is 10.2 Å². The third kappa shape index (κ3) is 2.24. The molecule has 3 rings (SSSR count). The molecule has 0 bridgehead atoms. The number of nitrogens with zero attached hydrogens (tertiary/aromatic N) is 3. The fourth-order valence-electron chi connectivity index (χ4n) is 2.05. The molecule has 108 valence electrons. The van der Waals surface area contributed by atoms with Crippen LogP contribution in [0, 0.1) is 6.92 Å². The maximum atomic E-state index is 12.3. The lowest BCUT2D eigenvalue weighted by Crippen LogP contribution is -2.14. The number of halogens is 1. The Bertz CT molecular complexity index is 760. The molecule has 0 radical (unpaired) electrons. The highest BCUT2D eigenvalue weighted by molar-refractivity contribution is 9.10. The van der Waals surface area contributed by atoms with Gasteiger partial charge in [0.2, 0.25) is 0 Å². The first kappa shape index (κ1) is 13.6. The van der Waals surface area contributed by atoms with Crippen LogP contribution >= 0.6 is 15.9 Å². The molecular formula is C11H14BrN5O2S. The van der Waals surface area contributed by atoms with Crippen LogP contribution < -0.4 is 4.72 Å². The molecule has 2 N–H and O–H groups in total. The summed E-state index contributed by atoms with van der Waals surface area (Å²) in [7, 11) is -2.04. The molecule has 2 aromatic rings. The van der Waals surface area contributed by atoms with Crippen LogP contribution in [0.15, 0.2) is 15.7 Å². The Morgan fingerprint density at radius 3 is 2.75 bits per heavy atom. The van der Waals surface area contributed by atoms with Gasteiger partial charge in [0, 0.05) is 24.2 Å². The summed E-state index contributed by atoms with van der Waals surface area (Å²) >= 11 is 3.21. The molecule has 0 spiro atoms. The van der Waals surface area contributed by atoms with Crippen molar-refractivity contribution in [2.24, 2.45) is 7.05 Å². The number of H-pyrrole nitrogens is 1. The Hall–Kier alpha value is -1.35. The molecule has 0 aromatic carbocycles. The van der Waals surface area contributed by atoms with E-state index in [1.165, 1.54) is 10.9 Å². The van der Waals surface area contributed by atoms with Crippen molar-refractivity contribution in [2.75, 3.05) is 4.72 Å². The van der Waals surface area contributed by atoms with Gasteiger partial charge in [-0.25, -0.2) is 8.42 Å². The number of hydrogen-bond donors (Lipinski definition) is 2. The Kier molecular flexibility index (Phi) is 3.13. The van der Waals surface area contributed by atoms with Gasteiger partial charge in [-0.1, -0.05) is 0 Å². The molecule has 0 atom stereocenters. The molecule has 7 nitrogen and oxygen atoms in total. The van der Waals surface area contributed by atoms with Gasteiger partial charge >= 0.3 is 0 Å². The van der Waals surface area contributed by atoms with E-state index in [4.69, 9.17) is 0 Å². The number of aromatic nitrogens is 4. The molecule has 1 aliphatic carbocycles. The number of nitrogens with one attached hydrogen (secondary N) is 2. The minimum absolute atomic E-state index is 0.0929. The van der Waals surface area contributed by atoms with Crippen molar-refractivity contribution in [3.05, 3.63) is 22.1 Å². The van der Waals surface area contributed by atoms with Gasteiger partial charge in [0.25, 0.3) is 10.0 Å². The van der Waals surface area contributed by atoms with Crippen molar-refractivity contribution >= 4 is 31.8 Å². The highest BCUT2D eigenvalue weighted by Gasteiger charge is 2.30. The molecule has 0 amide bonds. The smallest absolute Gasteiger partial charge is 0.267 e. The average Bonchev–Trinajstić information content (AvgIpc) is 3.08. The number of aromatic amines is 1. The van der Waals surface area contributed by atoms with Crippen molar-refractivity contribution in [2.45, 2.75) is 30.6 Å². The van der Waals surface area contributed by atoms with Crippen molar-refractivity contribution in [3.63, 3.8) is 0 Å². The molecule has 2 heterocycles. The van der Waals surface area contributed by atoms with E-state index in [0.29, 0.717) is 16.3 Å². The van der Waals surface area contributed by atoms with Crippen molar-refractivity contribution < 1.29 is 8.42 Å². The second-order valence-corrected chi connectivity index (χ2v) is 7.32. The normalized spacial score (nSPS) is 15.6. The Morgan fingerprint density at radius 1 is 1.50 bits per heavy atom. The molecule has 20 heavy (non-hydrogen) atoms. The summed E-state index contributed by atoms with van der Waals surface area (Å²) in [4.78, 5) is 0.0929. The molecule has 0 saturated heterocycles. The van der Waals surface area contributed by atoms with Crippen LogP contribution in [0.1, 0.15) is 30.0 Å². The molecular weight excluding hydrogens is 346 g/mol. The molecule has 0 unspecified atom stereocenters. The van der Waals surface area contributed by atoms with Crippen LogP contribution in [-0.4, -0.2) is 28.4 Å². The fourth-order valence-corrected chi connectivity index (χ4v) is 3.98. The fraction of sp³-hybridized carbons (Fsp3) is 0.455. The van der Waals surface area contributed by atoms with Gasteiger partial charge in [-0.3, -0.25) is 14.5 Å². The number of anilines is 1. The van der Waals surface area contributed by atoms with Crippen LogP contribution in [0.2, 0.25) is 0 Å². The second kappa shape index (κ2) is 4.59. The topological polar surface area (TPSA) is 92.7 Å². The average molecular weight is 360 g/mol. The Morgan fingerprint density at radius 2 is 2.20 bits per heavy atom. The van der Waals surface area contributed by atoms with Gasteiger partial charge in [0.15, 0.2) is 5.82 Å². The Labute approximate surface area is 124 Å². The van der Waals surface area contributed by atoms with Crippen molar-refractivity contribution in [3.8, 4) is 0 Å². The number of rotatable bonds is 4.